The highest BCUT2D eigenvalue weighted by atomic mass is 16.5. The summed E-state index contributed by atoms with van der Waals surface area (Å²) in [6.07, 6.45) is 5.61. The van der Waals surface area contributed by atoms with Crippen LogP contribution in [0.2, 0.25) is 0 Å². The summed E-state index contributed by atoms with van der Waals surface area (Å²) in [4.78, 5) is 19.8. The molecule has 5 nitrogen and oxygen atoms in total. The van der Waals surface area contributed by atoms with Gasteiger partial charge in [0, 0.05) is 29.4 Å². The van der Waals surface area contributed by atoms with E-state index in [2.05, 4.69) is 22.2 Å². The molecule has 0 fully saturated rings. The molecule has 0 unspecified atom stereocenters. The minimum atomic E-state index is -0.138. The summed E-state index contributed by atoms with van der Waals surface area (Å²) >= 11 is 0. The van der Waals surface area contributed by atoms with Gasteiger partial charge < -0.3 is 15.0 Å². The fourth-order valence-electron chi connectivity index (χ4n) is 2.64. The number of benzene rings is 1. The smallest absolute Gasteiger partial charge is 0.268 e. The number of H-pyrrole nitrogens is 1. The first-order valence-corrected chi connectivity index (χ1v) is 8.63. The first-order chi connectivity index (χ1) is 12.2. The van der Waals surface area contributed by atoms with Crippen molar-refractivity contribution in [1.29, 1.82) is 0 Å². The monoisotopic (exact) mass is 337 g/mol. The van der Waals surface area contributed by atoms with Crippen LogP contribution in [0.3, 0.4) is 0 Å². The van der Waals surface area contributed by atoms with Gasteiger partial charge in [0.15, 0.2) is 0 Å². The minimum Gasteiger partial charge on any atom is -0.494 e. The van der Waals surface area contributed by atoms with Gasteiger partial charge in [-0.1, -0.05) is 19.4 Å². The third kappa shape index (κ3) is 4.18. The van der Waals surface area contributed by atoms with E-state index in [1.165, 1.54) is 0 Å². The van der Waals surface area contributed by atoms with Crippen molar-refractivity contribution in [2.24, 2.45) is 0 Å². The average Bonchev–Trinajstić information content (AvgIpc) is 3.06. The standard InChI is InChI=1S/C20H23N3O2/c1-3-4-10-25-17-8-7-15-11-19(23-18(15)12-17)20(24)22-14(2)16-6-5-9-21-13-16/h5-9,11-14,23H,3-4,10H2,1-2H3,(H,22,24)/t14-/m0/s1. The zero-order valence-electron chi connectivity index (χ0n) is 14.6. The predicted molar refractivity (Wildman–Crippen MR) is 98.8 cm³/mol. The lowest BCUT2D eigenvalue weighted by Gasteiger charge is -2.12. The summed E-state index contributed by atoms with van der Waals surface area (Å²) in [5, 5.41) is 3.98. The van der Waals surface area contributed by atoms with Crippen molar-refractivity contribution < 1.29 is 9.53 Å². The Balaban J connectivity index is 1.71. The number of hydrogen-bond acceptors (Lipinski definition) is 3. The molecule has 0 aliphatic heterocycles. The van der Waals surface area contributed by atoms with Gasteiger partial charge in [-0.3, -0.25) is 9.78 Å². The topological polar surface area (TPSA) is 67.0 Å². The largest absolute Gasteiger partial charge is 0.494 e. The number of nitrogens with one attached hydrogen (secondary N) is 2. The Bertz CT molecular complexity index is 843. The van der Waals surface area contributed by atoms with Crippen LogP contribution in [0.1, 0.15) is 48.8 Å². The second kappa shape index (κ2) is 7.83. The fourth-order valence-corrected chi connectivity index (χ4v) is 2.64. The number of ether oxygens (including phenoxy) is 1. The zero-order chi connectivity index (χ0) is 17.6. The van der Waals surface area contributed by atoms with Crippen LogP contribution >= 0.6 is 0 Å². The highest BCUT2D eigenvalue weighted by Gasteiger charge is 2.14. The molecule has 5 heteroatoms. The molecule has 25 heavy (non-hydrogen) atoms. The molecule has 2 aromatic heterocycles. The van der Waals surface area contributed by atoms with E-state index in [1.807, 2.05) is 43.3 Å². The van der Waals surface area contributed by atoms with Crippen molar-refractivity contribution in [2.45, 2.75) is 32.7 Å². The molecule has 0 saturated carbocycles. The summed E-state index contributed by atoms with van der Waals surface area (Å²) < 4.78 is 5.72. The number of hydrogen-bond donors (Lipinski definition) is 2. The van der Waals surface area contributed by atoms with E-state index in [1.54, 1.807) is 12.4 Å². The van der Waals surface area contributed by atoms with Crippen molar-refractivity contribution >= 4 is 16.8 Å². The van der Waals surface area contributed by atoms with Crippen LogP contribution in [-0.4, -0.2) is 22.5 Å². The first kappa shape index (κ1) is 17.0. The van der Waals surface area contributed by atoms with E-state index in [9.17, 15) is 4.79 Å². The number of nitrogens with zero attached hydrogens (tertiary/aromatic N) is 1. The Kier molecular flexibility index (Phi) is 5.33. The molecule has 0 spiro atoms. The van der Waals surface area contributed by atoms with Crippen LogP contribution in [0.4, 0.5) is 0 Å². The summed E-state index contributed by atoms with van der Waals surface area (Å²) in [5.41, 5.74) is 2.41. The van der Waals surface area contributed by atoms with Gasteiger partial charge in [0.1, 0.15) is 11.4 Å². The van der Waals surface area contributed by atoms with Gasteiger partial charge in [-0.2, -0.15) is 0 Å². The molecular weight excluding hydrogens is 314 g/mol. The lowest BCUT2D eigenvalue weighted by Crippen LogP contribution is -2.26. The van der Waals surface area contributed by atoms with Crippen molar-refractivity contribution in [2.75, 3.05) is 6.61 Å². The Morgan fingerprint density at radius 1 is 1.32 bits per heavy atom. The van der Waals surface area contributed by atoms with Crippen LogP contribution in [0.5, 0.6) is 5.75 Å². The number of fused-ring (bicyclic) bond motifs is 1. The van der Waals surface area contributed by atoms with E-state index in [0.29, 0.717) is 12.3 Å². The number of aromatic amines is 1. The van der Waals surface area contributed by atoms with Crippen LogP contribution in [0, 0.1) is 0 Å². The minimum absolute atomic E-state index is 0.111. The van der Waals surface area contributed by atoms with Gasteiger partial charge in [0.05, 0.1) is 12.6 Å². The number of pyridine rings is 1. The molecule has 0 bridgehead atoms. The summed E-state index contributed by atoms with van der Waals surface area (Å²) in [6.45, 7) is 4.78. The van der Waals surface area contributed by atoms with Crippen molar-refractivity contribution in [3.63, 3.8) is 0 Å². The molecule has 1 aromatic carbocycles. The second-order valence-electron chi connectivity index (χ2n) is 6.12. The SMILES string of the molecule is CCCCOc1ccc2cc(C(=O)N[C@@H](C)c3cccnc3)[nH]c2c1. The number of carbonyl (C=O) groups is 1. The maximum absolute atomic E-state index is 12.5. The molecule has 130 valence electrons. The molecule has 0 saturated heterocycles. The number of amides is 1. The van der Waals surface area contributed by atoms with Crippen LogP contribution in [-0.2, 0) is 0 Å². The lowest BCUT2D eigenvalue weighted by atomic mass is 10.1. The van der Waals surface area contributed by atoms with Crippen LogP contribution < -0.4 is 10.1 Å². The normalized spacial score (nSPS) is 12.1. The van der Waals surface area contributed by atoms with Crippen molar-refractivity contribution in [1.82, 2.24) is 15.3 Å². The molecule has 0 aliphatic carbocycles. The van der Waals surface area contributed by atoms with Gasteiger partial charge in [-0.15, -0.1) is 0 Å². The maximum Gasteiger partial charge on any atom is 0.268 e. The van der Waals surface area contributed by atoms with Gasteiger partial charge >= 0.3 is 0 Å². The summed E-state index contributed by atoms with van der Waals surface area (Å²) in [5.74, 6) is 0.680. The zero-order valence-corrected chi connectivity index (χ0v) is 14.6. The maximum atomic E-state index is 12.5. The van der Waals surface area contributed by atoms with Gasteiger partial charge in [-0.05, 0) is 43.2 Å². The van der Waals surface area contributed by atoms with E-state index in [4.69, 9.17) is 4.74 Å². The average molecular weight is 337 g/mol. The van der Waals surface area contributed by atoms with Crippen molar-refractivity contribution in [3.8, 4) is 5.75 Å². The third-order valence-corrected chi connectivity index (χ3v) is 4.14. The molecular formula is C20H23N3O2. The van der Waals surface area contributed by atoms with Crippen LogP contribution in [0.25, 0.3) is 10.9 Å². The molecule has 1 atom stereocenters. The van der Waals surface area contributed by atoms with E-state index in [0.717, 1.165) is 35.1 Å². The van der Waals surface area contributed by atoms with Gasteiger partial charge in [0.25, 0.3) is 5.91 Å². The summed E-state index contributed by atoms with van der Waals surface area (Å²) in [6, 6.07) is 11.4. The van der Waals surface area contributed by atoms with E-state index in [-0.39, 0.29) is 11.9 Å². The highest BCUT2D eigenvalue weighted by Crippen LogP contribution is 2.22. The molecule has 3 rings (SSSR count). The fraction of sp³-hybridized carbons (Fsp3) is 0.300. The number of rotatable bonds is 7. The predicted octanol–water partition coefficient (Wildman–Crippen LogP) is 4.23. The molecule has 2 heterocycles. The number of carbonyl (C=O) groups excluding carboxylic acids is 1. The molecule has 1 amide bonds. The molecule has 2 N–H and O–H groups in total. The first-order valence-electron chi connectivity index (χ1n) is 8.63. The lowest BCUT2D eigenvalue weighted by molar-refractivity contribution is 0.0935. The Morgan fingerprint density at radius 2 is 2.20 bits per heavy atom. The van der Waals surface area contributed by atoms with Gasteiger partial charge in [-0.25, -0.2) is 0 Å². The Labute approximate surface area is 147 Å². The molecule has 0 radical (unpaired) electrons. The second-order valence-corrected chi connectivity index (χ2v) is 6.12. The van der Waals surface area contributed by atoms with Crippen LogP contribution in [0.15, 0.2) is 48.8 Å². The van der Waals surface area contributed by atoms with E-state index < -0.39 is 0 Å². The highest BCUT2D eigenvalue weighted by molar-refractivity contribution is 5.98. The third-order valence-electron chi connectivity index (χ3n) is 4.14. The Morgan fingerprint density at radius 3 is 2.96 bits per heavy atom. The van der Waals surface area contributed by atoms with Gasteiger partial charge in [0.2, 0.25) is 0 Å². The summed E-state index contributed by atoms with van der Waals surface area (Å²) in [7, 11) is 0. The quantitative estimate of drug-likeness (QED) is 0.634. The van der Waals surface area contributed by atoms with Crippen molar-refractivity contribution in [3.05, 3.63) is 60.0 Å². The molecule has 3 aromatic rings. The number of unbranched alkanes of at least 4 members (excludes halogenated alkanes) is 1. The molecule has 0 aliphatic rings. The number of aromatic nitrogens is 2. The Hall–Kier alpha value is -2.82. The van der Waals surface area contributed by atoms with E-state index >= 15 is 0 Å².